The molecular formula is C20H28N4O2. The lowest BCUT2D eigenvalue weighted by Crippen LogP contribution is -2.43. The molecule has 6 nitrogen and oxygen atoms in total. The van der Waals surface area contributed by atoms with E-state index < -0.39 is 0 Å². The third-order valence-corrected chi connectivity index (χ3v) is 4.85. The second-order valence-corrected chi connectivity index (χ2v) is 6.85. The molecule has 0 aliphatic carbocycles. The van der Waals surface area contributed by atoms with Crippen molar-refractivity contribution in [3.63, 3.8) is 0 Å². The Labute approximate surface area is 155 Å². The predicted molar refractivity (Wildman–Crippen MR) is 102 cm³/mol. The van der Waals surface area contributed by atoms with Crippen LogP contribution in [0, 0.1) is 0 Å². The lowest BCUT2D eigenvalue weighted by atomic mass is 10.0. The van der Waals surface area contributed by atoms with Gasteiger partial charge in [0.15, 0.2) is 0 Å². The van der Waals surface area contributed by atoms with Gasteiger partial charge in [0.2, 0.25) is 0 Å². The Hall–Kier alpha value is -2.34. The van der Waals surface area contributed by atoms with Gasteiger partial charge in [-0.2, -0.15) is 5.10 Å². The minimum absolute atomic E-state index is 0.296. The summed E-state index contributed by atoms with van der Waals surface area (Å²) in [5.41, 5.74) is 3.59. The summed E-state index contributed by atoms with van der Waals surface area (Å²) in [6.07, 6.45) is 7.06. The molecule has 1 amide bonds. The molecule has 1 aliphatic rings. The van der Waals surface area contributed by atoms with E-state index in [0.29, 0.717) is 19.2 Å². The number of carbonyl (C=O) groups is 1. The smallest absolute Gasteiger partial charge is 0.407 e. The average molecular weight is 356 g/mol. The summed E-state index contributed by atoms with van der Waals surface area (Å²) >= 11 is 0. The van der Waals surface area contributed by atoms with Gasteiger partial charge in [0.25, 0.3) is 0 Å². The Bertz CT molecular complexity index is 711. The highest BCUT2D eigenvalue weighted by molar-refractivity contribution is 5.67. The number of piperidine rings is 1. The van der Waals surface area contributed by atoms with E-state index in [1.54, 1.807) is 0 Å². The van der Waals surface area contributed by atoms with Gasteiger partial charge in [-0.3, -0.25) is 9.58 Å². The minimum atomic E-state index is -0.321. The third-order valence-electron chi connectivity index (χ3n) is 4.85. The van der Waals surface area contributed by atoms with Crippen molar-refractivity contribution in [3.05, 3.63) is 42.2 Å². The van der Waals surface area contributed by atoms with E-state index in [2.05, 4.69) is 39.6 Å². The highest BCUT2D eigenvalue weighted by Crippen LogP contribution is 2.23. The van der Waals surface area contributed by atoms with E-state index in [9.17, 15) is 4.79 Å². The fourth-order valence-electron chi connectivity index (χ4n) is 3.43. The van der Waals surface area contributed by atoms with Gasteiger partial charge in [0, 0.05) is 37.9 Å². The van der Waals surface area contributed by atoms with E-state index in [0.717, 1.165) is 25.1 Å². The van der Waals surface area contributed by atoms with Gasteiger partial charge in [-0.1, -0.05) is 30.7 Å². The van der Waals surface area contributed by atoms with Crippen molar-refractivity contribution in [2.75, 3.05) is 19.7 Å². The maximum atomic E-state index is 11.6. The van der Waals surface area contributed by atoms with Gasteiger partial charge in [-0.05, 0) is 37.4 Å². The van der Waals surface area contributed by atoms with Crippen LogP contribution in [0.3, 0.4) is 0 Å². The fraction of sp³-hybridized carbons (Fsp3) is 0.500. The number of carbonyl (C=O) groups excluding carboxylic acids is 1. The molecule has 1 N–H and O–H groups in total. The van der Waals surface area contributed by atoms with Gasteiger partial charge >= 0.3 is 6.09 Å². The van der Waals surface area contributed by atoms with Gasteiger partial charge < -0.3 is 10.1 Å². The topological polar surface area (TPSA) is 59.4 Å². The first kappa shape index (κ1) is 18.5. The number of hydrogen-bond donors (Lipinski definition) is 1. The molecule has 1 aliphatic heterocycles. The van der Waals surface area contributed by atoms with E-state index in [1.165, 1.54) is 24.0 Å². The zero-order valence-corrected chi connectivity index (χ0v) is 15.6. The van der Waals surface area contributed by atoms with Crippen molar-refractivity contribution in [1.82, 2.24) is 20.0 Å². The molecular weight excluding hydrogens is 328 g/mol. The molecule has 26 heavy (non-hydrogen) atoms. The summed E-state index contributed by atoms with van der Waals surface area (Å²) in [6.45, 7) is 4.88. The number of rotatable bonds is 6. The maximum absolute atomic E-state index is 11.6. The lowest BCUT2D eigenvalue weighted by molar-refractivity contribution is 0.0642. The molecule has 6 heteroatoms. The fourth-order valence-corrected chi connectivity index (χ4v) is 3.43. The van der Waals surface area contributed by atoms with Gasteiger partial charge in [-0.25, -0.2) is 4.79 Å². The van der Waals surface area contributed by atoms with Crippen molar-refractivity contribution in [1.29, 1.82) is 0 Å². The van der Waals surface area contributed by atoms with Gasteiger partial charge in [0.05, 0.1) is 6.20 Å². The predicted octanol–water partition coefficient (Wildman–Crippen LogP) is 3.19. The van der Waals surface area contributed by atoms with E-state index in [-0.39, 0.29) is 6.09 Å². The van der Waals surface area contributed by atoms with Crippen LogP contribution in [0.1, 0.15) is 31.7 Å². The number of aryl methyl sites for hydroxylation is 1. The van der Waals surface area contributed by atoms with Crippen molar-refractivity contribution in [3.8, 4) is 11.1 Å². The Balaban J connectivity index is 1.59. The van der Waals surface area contributed by atoms with E-state index >= 15 is 0 Å². The molecule has 0 radical (unpaired) electrons. The normalized spacial score (nSPS) is 17.8. The second-order valence-electron chi connectivity index (χ2n) is 6.85. The minimum Gasteiger partial charge on any atom is -0.448 e. The Kier molecular flexibility index (Phi) is 6.28. The van der Waals surface area contributed by atoms with Crippen LogP contribution < -0.4 is 5.32 Å². The maximum Gasteiger partial charge on any atom is 0.407 e. The first-order valence-electron chi connectivity index (χ1n) is 9.38. The first-order valence-corrected chi connectivity index (χ1v) is 9.38. The summed E-state index contributed by atoms with van der Waals surface area (Å²) < 4.78 is 7.18. The van der Waals surface area contributed by atoms with Gasteiger partial charge in [-0.15, -0.1) is 0 Å². The largest absolute Gasteiger partial charge is 0.448 e. The molecule has 1 aromatic heterocycles. The quantitative estimate of drug-likeness (QED) is 0.864. The van der Waals surface area contributed by atoms with Crippen LogP contribution in [0.2, 0.25) is 0 Å². The number of alkyl carbamates (subject to hydrolysis) is 1. The highest BCUT2D eigenvalue weighted by Gasteiger charge is 2.23. The number of amides is 1. The van der Waals surface area contributed by atoms with Crippen molar-refractivity contribution in [2.24, 2.45) is 7.05 Å². The molecule has 1 aromatic carbocycles. The number of nitrogens with zero attached hydrogens (tertiary/aromatic N) is 3. The highest BCUT2D eigenvalue weighted by atomic mass is 16.5. The summed E-state index contributed by atoms with van der Waals surface area (Å²) in [4.78, 5) is 14.0. The Morgan fingerprint density at radius 2 is 2.08 bits per heavy atom. The van der Waals surface area contributed by atoms with Crippen LogP contribution in [-0.2, 0) is 18.3 Å². The monoisotopic (exact) mass is 356 g/mol. The molecule has 1 unspecified atom stereocenters. The molecule has 2 aromatic rings. The summed E-state index contributed by atoms with van der Waals surface area (Å²) in [5, 5.41) is 6.92. The van der Waals surface area contributed by atoms with Crippen LogP contribution in [0.25, 0.3) is 11.1 Å². The Morgan fingerprint density at radius 3 is 2.77 bits per heavy atom. The molecule has 3 rings (SSSR count). The SMILES string of the molecule is CCNC(=O)OCC1CCCCN1Cc1ccc(-c2cnn(C)c2)cc1. The summed E-state index contributed by atoms with van der Waals surface area (Å²) in [7, 11) is 1.93. The number of ether oxygens (including phenoxy) is 1. The zero-order chi connectivity index (χ0) is 18.4. The van der Waals surface area contributed by atoms with E-state index in [1.807, 2.05) is 31.0 Å². The van der Waals surface area contributed by atoms with Crippen LogP contribution in [-0.4, -0.2) is 46.5 Å². The van der Waals surface area contributed by atoms with Crippen molar-refractivity contribution < 1.29 is 9.53 Å². The number of nitrogens with one attached hydrogen (secondary N) is 1. The van der Waals surface area contributed by atoms with Crippen LogP contribution in [0.15, 0.2) is 36.7 Å². The van der Waals surface area contributed by atoms with Crippen LogP contribution >= 0.6 is 0 Å². The average Bonchev–Trinajstić information content (AvgIpc) is 3.08. The number of aromatic nitrogens is 2. The molecule has 2 heterocycles. The zero-order valence-electron chi connectivity index (χ0n) is 15.6. The number of hydrogen-bond acceptors (Lipinski definition) is 4. The molecule has 1 fully saturated rings. The summed E-state index contributed by atoms with van der Waals surface area (Å²) in [6, 6.07) is 8.95. The molecule has 0 saturated carbocycles. The molecule has 1 atom stereocenters. The second kappa shape index (κ2) is 8.85. The van der Waals surface area contributed by atoms with Crippen molar-refractivity contribution in [2.45, 2.75) is 38.8 Å². The molecule has 140 valence electrons. The van der Waals surface area contributed by atoms with Gasteiger partial charge in [0.1, 0.15) is 6.61 Å². The van der Waals surface area contributed by atoms with E-state index in [4.69, 9.17) is 4.74 Å². The molecule has 0 spiro atoms. The lowest BCUT2D eigenvalue weighted by Gasteiger charge is -2.35. The number of likely N-dealkylation sites (tertiary alicyclic amines) is 1. The number of benzene rings is 1. The Morgan fingerprint density at radius 1 is 1.27 bits per heavy atom. The third kappa shape index (κ3) is 4.85. The first-order chi connectivity index (χ1) is 12.7. The van der Waals surface area contributed by atoms with Crippen LogP contribution in [0.5, 0.6) is 0 Å². The molecule has 1 saturated heterocycles. The summed E-state index contributed by atoms with van der Waals surface area (Å²) in [5.74, 6) is 0. The van der Waals surface area contributed by atoms with Crippen molar-refractivity contribution >= 4 is 6.09 Å². The van der Waals surface area contributed by atoms with Crippen LogP contribution in [0.4, 0.5) is 4.79 Å². The molecule has 0 bridgehead atoms. The standard InChI is InChI=1S/C20H28N4O2/c1-3-21-20(25)26-15-19-6-4-5-11-24(19)13-16-7-9-17(10-8-16)18-12-22-23(2)14-18/h7-10,12,14,19H,3-6,11,13,15H2,1-2H3,(H,21,25).